The van der Waals surface area contributed by atoms with Crippen LogP contribution in [0.3, 0.4) is 0 Å². The van der Waals surface area contributed by atoms with E-state index in [1.807, 2.05) is 54.6 Å². The van der Waals surface area contributed by atoms with Gasteiger partial charge in [0.2, 0.25) is 11.8 Å². The van der Waals surface area contributed by atoms with Gasteiger partial charge in [0.05, 0.1) is 25.5 Å². The number of hydrogen-bond acceptors (Lipinski definition) is 8. The average Bonchev–Trinajstić information content (AvgIpc) is 3.77. The molecule has 0 aromatic heterocycles. The molecule has 276 valence electrons. The van der Waals surface area contributed by atoms with E-state index in [0.29, 0.717) is 68.1 Å². The van der Waals surface area contributed by atoms with Crippen LogP contribution in [0.5, 0.6) is 0 Å². The van der Waals surface area contributed by atoms with E-state index in [2.05, 4.69) is 20.4 Å². The molecular formula is C38H42F3N5O6. The lowest BCUT2D eigenvalue weighted by molar-refractivity contribution is -0.253. The lowest BCUT2D eigenvalue weighted by Gasteiger charge is -2.45. The van der Waals surface area contributed by atoms with Crippen molar-refractivity contribution in [2.45, 2.75) is 75.0 Å². The number of alkyl halides is 3. The molecule has 3 aromatic carbocycles. The largest absolute Gasteiger partial charge is 0.471 e. The number of benzene rings is 3. The maximum Gasteiger partial charge on any atom is 0.471 e. The third-order valence-corrected chi connectivity index (χ3v) is 10.7. The second kappa shape index (κ2) is 14.9. The highest BCUT2D eigenvalue weighted by Crippen LogP contribution is 2.40. The number of anilines is 2. The Hall–Kier alpha value is -4.50. The second-order valence-electron chi connectivity index (χ2n) is 13.9. The van der Waals surface area contributed by atoms with Crippen molar-refractivity contribution in [3.63, 3.8) is 0 Å². The van der Waals surface area contributed by atoms with Crippen LogP contribution in [-0.4, -0.2) is 89.3 Å². The van der Waals surface area contributed by atoms with Gasteiger partial charge in [-0.1, -0.05) is 54.6 Å². The molecule has 4 saturated heterocycles. The van der Waals surface area contributed by atoms with E-state index in [9.17, 15) is 32.7 Å². The normalized spacial score (nSPS) is 25.0. The number of likely N-dealkylation sites (tertiary alicyclic amines) is 2. The molecule has 0 bridgehead atoms. The highest BCUT2D eigenvalue weighted by atomic mass is 19.4. The number of piperidine rings is 1. The summed E-state index contributed by atoms with van der Waals surface area (Å²) in [6.07, 6.45) is -3.98. The molecule has 3 amide bonds. The number of aliphatic hydroxyl groups excluding tert-OH is 1. The summed E-state index contributed by atoms with van der Waals surface area (Å²) < 4.78 is 52.3. The Bertz CT molecular complexity index is 1730. The van der Waals surface area contributed by atoms with E-state index < -0.39 is 35.9 Å². The third kappa shape index (κ3) is 7.38. The van der Waals surface area contributed by atoms with Crippen molar-refractivity contribution >= 4 is 29.1 Å². The topological polar surface area (TPSA) is 124 Å². The van der Waals surface area contributed by atoms with Gasteiger partial charge < -0.3 is 39.9 Å². The van der Waals surface area contributed by atoms with Crippen molar-refractivity contribution in [1.29, 1.82) is 0 Å². The van der Waals surface area contributed by atoms with Gasteiger partial charge in [-0.25, -0.2) is 0 Å². The number of para-hydroxylation sites is 1. The lowest BCUT2D eigenvalue weighted by Crippen LogP contribution is -2.57. The fourth-order valence-electron chi connectivity index (χ4n) is 7.85. The Balaban J connectivity index is 1.03. The number of nitrogens with zero attached hydrogens (tertiary/aromatic N) is 3. The highest BCUT2D eigenvalue weighted by Gasteiger charge is 2.51. The maximum atomic E-state index is 13.2. The van der Waals surface area contributed by atoms with E-state index in [1.165, 1.54) is 0 Å². The first-order valence-electron chi connectivity index (χ1n) is 17.7. The van der Waals surface area contributed by atoms with Gasteiger partial charge in [-0.15, -0.1) is 0 Å². The molecule has 3 aromatic rings. The maximum absolute atomic E-state index is 13.2. The summed E-state index contributed by atoms with van der Waals surface area (Å²) in [5, 5.41) is 15.3. The van der Waals surface area contributed by atoms with Crippen molar-refractivity contribution in [2.24, 2.45) is 0 Å². The molecule has 1 spiro atoms. The number of hydrogen-bond donors (Lipinski definition) is 3. The quantitative estimate of drug-likeness (QED) is 0.308. The number of amides is 3. The summed E-state index contributed by atoms with van der Waals surface area (Å²) in [6.45, 7) is 2.31. The first-order chi connectivity index (χ1) is 25.0. The molecule has 4 aliphatic heterocycles. The van der Waals surface area contributed by atoms with Gasteiger partial charge in [-0.2, -0.15) is 13.2 Å². The zero-order valence-corrected chi connectivity index (χ0v) is 28.6. The van der Waals surface area contributed by atoms with Crippen LogP contribution in [0.15, 0.2) is 78.9 Å². The van der Waals surface area contributed by atoms with E-state index in [1.54, 1.807) is 24.3 Å². The molecule has 11 nitrogen and oxygen atoms in total. The van der Waals surface area contributed by atoms with Crippen LogP contribution in [0.2, 0.25) is 0 Å². The van der Waals surface area contributed by atoms with Gasteiger partial charge in [-0.3, -0.25) is 14.4 Å². The first kappa shape index (κ1) is 35.9. The highest BCUT2D eigenvalue weighted by molar-refractivity contribution is 5.98. The van der Waals surface area contributed by atoms with Crippen molar-refractivity contribution in [3.05, 3.63) is 95.6 Å². The minimum absolute atomic E-state index is 0.0553. The predicted octanol–water partition coefficient (Wildman–Crippen LogP) is 4.64. The number of carbonyl (C=O) groups is 3. The van der Waals surface area contributed by atoms with Gasteiger partial charge in [-0.05, 0) is 61.1 Å². The summed E-state index contributed by atoms with van der Waals surface area (Å²) in [5.41, 5.74) is 3.19. The second-order valence-corrected chi connectivity index (χ2v) is 13.9. The predicted molar refractivity (Wildman–Crippen MR) is 185 cm³/mol. The van der Waals surface area contributed by atoms with Crippen molar-refractivity contribution in [2.75, 3.05) is 43.1 Å². The summed E-state index contributed by atoms with van der Waals surface area (Å²) in [4.78, 5) is 43.1. The number of halogens is 3. The number of carbonyl (C=O) groups excluding carboxylic acids is 3. The van der Waals surface area contributed by atoms with Crippen molar-refractivity contribution in [1.82, 2.24) is 15.1 Å². The lowest BCUT2D eigenvalue weighted by atomic mass is 9.85. The van der Waals surface area contributed by atoms with Gasteiger partial charge in [0.1, 0.15) is 11.6 Å². The molecule has 4 fully saturated rings. The average molecular weight is 722 g/mol. The standard InChI is InChI=1S/C38H42F3N5O6/c39-38(40,41)36(50)45-18-4-7-31(45)33(48)43-28-14-12-27(13-15-28)34-51-30(21-32(52-34)26-10-8-25(23-47)9-11-26)22-44-19-16-37(17-20-44)35(49)42-24-46(37)29-5-2-1-3-6-29/h1-3,5-6,8-15,30-32,34,47H,4,7,16-24H2,(H,42,49)(H,43,48)/t30-,31-,32+,34+/m0/s1. The molecular weight excluding hydrogens is 679 g/mol. The Kier molecular flexibility index (Phi) is 10.3. The van der Waals surface area contributed by atoms with Gasteiger partial charge in [0, 0.05) is 49.5 Å². The number of aliphatic hydroxyl groups is 1. The fraction of sp³-hybridized carbons (Fsp3) is 0.447. The number of nitrogens with one attached hydrogen (secondary N) is 2. The van der Waals surface area contributed by atoms with Gasteiger partial charge >= 0.3 is 12.1 Å². The van der Waals surface area contributed by atoms with Crippen LogP contribution in [0.4, 0.5) is 24.5 Å². The molecule has 7 rings (SSSR count). The molecule has 3 N–H and O–H groups in total. The molecule has 4 aliphatic rings. The SMILES string of the molecule is O=C(Nc1ccc([C@@H]2O[C@H](CN3CCC4(CC3)C(=O)NCN4c3ccccc3)C[C@H](c3ccc(CO)cc3)O2)cc1)[C@@H]1CCCN1C(=O)C(F)(F)F. The third-order valence-electron chi connectivity index (χ3n) is 10.7. The summed E-state index contributed by atoms with van der Waals surface area (Å²) in [6, 6.07) is 23.1. The van der Waals surface area contributed by atoms with Crippen LogP contribution in [0.1, 0.15) is 61.2 Å². The number of rotatable bonds is 8. The Morgan fingerprint density at radius 3 is 2.29 bits per heavy atom. The van der Waals surface area contributed by atoms with E-state index in [-0.39, 0.29) is 37.7 Å². The fourth-order valence-corrected chi connectivity index (χ4v) is 7.85. The Labute approximate surface area is 299 Å². The van der Waals surface area contributed by atoms with E-state index in [0.717, 1.165) is 16.8 Å². The van der Waals surface area contributed by atoms with Gasteiger partial charge in [0.15, 0.2) is 6.29 Å². The Morgan fingerprint density at radius 1 is 0.923 bits per heavy atom. The van der Waals surface area contributed by atoms with Gasteiger partial charge in [0.25, 0.3) is 0 Å². The summed E-state index contributed by atoms with van der Waals surface area (Å²) >= 11 is 0. The van der Waals surface area contributed by atoms with Crippen molar-refractivity contribution < 1.29 is 42.1 Å². The first-order valence-corrected chi connectivity index (χ1v) is 17.7. The van der Waals surface area contributed by atoms with Crippen LogP contribution in [0.25, 0.3) is 0 Å². The summed E-state index contributed by atoms with van der Waals surface area (Å²) in [5.74, 6) is -2.63. The summed E-state index contributed by atoms with van der Waals surface area (Å²) in [7, 11) is 0. The molecule has 0 radical (unpaired) electrons. The van der Waals surface area contributed by atoms with E-state index >= 15 is 0 Å². The van der Waals surface area contributed by atoms with Crippen molar-refractivity contribution in [3.8, 4) is 0 Å². The molecule has 52 heavy (non-hydrogen) atoms. The molecule has 4 heterocycles. The van der Waals surface area contributed by atoms with Crippen LogP contribution in [-0.2, 0) is 30.5 Å². The zero-order valence-electron chi connectivity index (χ0n) is 28.6. The molecule has 0 aliphatic carbocycles. The molecule has 0 unspecified atom stereocenters. The zero-order chi connectivity index (χ0) is 36.5. The Morgan fingerprint density at radius 2 is 1.62 bits per heavy atom. The smallest absolute Gasteiger partial charge is 0.392 e. The molecule has 0 saturated carbocycles. The van der Waals surface area contributed by atoms with Crippen LogP contribution in [0, 0.1) is 0 Å². The monoisotopic (exact) mass is 721 g/mol. The minimum Gasteiger partial charge on any atom is -0.392 e. The van der Waals surface area contributed by atoms with Crippen LogP contribution >= 0.6 is 0 Å². The van der Waals surface area contributed by atoms with Crippen LogP contribution < -0.4 is 15.5 Å². The molecule has 14 heteroatoms. The molecule has 4 atom stereocenters. The number of ether oxygens (including phenoxy) is 2. The van der Waals surface area contributed by atoms with E-state index in [4.69, 9.17) is 9.47 Å². The minimum atomic E-state index is -5.05.